The van der Waals surface area contributed by atoms with Gasteiger partial charge in [-0.3, -0.25) is 14.6 Å². The molecular formula is C22H27N5O2. The minimum atomic E-state index is 0.333. The van der Waals surface area contributed by atoms with Gasteiger partial charge in [0, 0.05) is 43.2 Å². The van der Waals surface area contributed by atoms with Gasteiger partial charge in [0.15, 0.2) is 11.5 Å². The van der Waals surface area contributed by atoms with Crippen LogP contribution < -0.4 is 9.47 Å². The lowest BCUT2D eigenvalue weighted by molar-refractivity contribution is 0.201. The highest BCUT2D eigenvalue weighted by Crippen LogP contribution is 2.36. The van der Waals surface area contributed by atoms with Gasteiger partial charge in [0.25, 0.3) is 0 Å². The van der Waals surface area contributed by atoms with Gasteiger partial charge < -0.3 is 9.47 Å². The van der Waals surface area contributed by atoms with Gasteiger partial charge in [0.05, 0.1) is 13.3 Å². The highest BCUT2D eigenvalue weighted by molar-refractivity contribution is 5.42. The van der Waals surface area contributed by atoms with E-state index in [0.717, 1.165) is 38.2 Å². The SMILES string of the molecule is COc1ccccc1Oc1nccnc1C1CCN(Cc2cnn(C)c2C)CC1. The average Bonchev–Trinajstić information content (AvgIpc) is 3.07. The third-order valence-corrected chi connectivity index (χ3v) is 5.67. The number of likely N-dealkylation sites (tertiary alicyclic amines) is 1. The lowest BCUT2D eigenvalue weighted by Gasteiger charge is -2.31. The molecular weight excluding hydrogens is 366 g/mol. The lowest BCUT2D eigenvalue weighted by atomic mass is 9.93. The Labute approximate surface area is 171 Å². The Hall–Kier alpha value is -2.93. The normalized spacial score (nSPS) is 15.4. The molecule has 1 aliphatic rings. The number of hydrogen-bond donors (Lipinski definition) is 0. The number of aromatic nitrogens is 4. The van der Waals surface area contributed by atoms with Crippen LogP contribution in [0.25, 0.3) is 0 Å². The van der Waals surface area contributed by atoms with Crippen molar-refractivity contribution in [1.29, 1.82) is 0 Å². The van der Waals surface area contributed by atoms with Crippen LogP contribution in [0, 0.1) is 6.92 Å². The molecule has 3 aromatic rings. The smallest absolute Gasteiger partial charge is 0.241 e. The van der Waals surface area contributed by atoms with Crippen LogP contribution in [0.3, 0.4) is 0 Å². The second kappa shape index (κ2) is 8.61. The second-order valence-corrected chi connectivity index (χ2v) is 7.43. The van der Waals surface area contributed by atoms with Gasteiger partial charge in [-0.2, -0.15) is 5.10 Å². The van der Waals surface area contributed by atoms with Crippen molar-refractivity contribution in [2.75, 3.05) is 20.2 Å². The molecule has 0 atom stereocenters. The van der Waals surface area contributed by atoms with Crippen molar-refractivity contribution < 1.29 is 9.47 Å². The molecule has 0 radical (unpaired) electrons. The summed E-state index contributed by atoms with van der Waals surface area (Å²) < 4.78 is 13.4. The second-order valence-electron chi connectivity index (χ2n) is 7.43. The fraction of sp³-hybridized carbons (Fsp3) is 0.409. The highest BCUT2D eigenvalue weighted by Gasteiger charge is 2.26. The van der Waals surface area contributed by atoms with Gasteiger partial charge in [-0.15, -0.1) is 0 Å². The molecule has 0 N–H and O–H groups in total. The molecule has 7 heteroatoms. The summed E-state index contributed by atoms with van der Waals surface area (Å²) in [6, 6.07) is 7.61. The molecule has 3 heterocycles. The molecule has 1 aliphatic heterocycles. The van der Waals surface area contributed by atoms with E-state index in [9.17, 15) is 0 Å². The Morgan fingerprint density at radius 3 is 2.48 bits per heavy atom. The zero-order valence-corrected chi connectivity index (χ0v) is 17.2. The number of benzene rings is 1. The quantitative estimate of drug-likeness (QED) is 0.636. The number of nitrogens with zero attached hydrogens (tertiary/aromatic N) is 5. The topological polar surface area (TPSA) is 65.3 Å². The maximum atomic E-state index is 6.10. The Morgan fingerprint density at radius 2 is 1.79 bits per heavy atom. The van der Waals surface area contributed by atoms with Crippen LogP contribution in [0.4, 0.5) is 0 Å². The summed E-state index contributed by atoms with van der Waals surface area (Å²) in [6.45, 7) is 5.10. The van der Waals surface area contributed by atoms with Crippen LogP contribution in [-0.2, 0) is 13.6 Å². The van der Waals surface area contributed by atoms with E-state index in [2.05, 4.69) is 26.9 Å². The predicted octanol–water partition coefficient (Wildman–Crippen LogP) is 3.70. The van der Waals surface area contributed by atoms with E-state index in [1.54, 1.807) is 19.5 Å². The number of ether oxygens (including phenoxy) is 2. The van der Waals surface area contributed by atoms with E-state index in [1.165, 1.54) is 11.3 Å². The maximum Gasteiger partial charge on any atom is 0.241 e. The Kier molecular flexibility index (Phi) is 5.76. The standard InChI is InChI=1S/C22H27N5O2/c1-16-18(14-25-26(16)2)15-27-12-8-17(9-13-27)21-22(24-11-10-23-21)29-20-7-5-4-6-19(20)28-3/h4-7,10-11,14,17H,8-9,12-13,15H2,1-3H3. The van der Waals surface area contributed by atoms with Crippen LogP contribution in [0.1, 0.15) is 35.7 Å². The van der Waals surface area contributed by atoms with Gasteiger partial charge in [-0.05, 0) is 45.0 Å². The van der Waals surface area contributed by atoms with Gasteiger partial charge in [0.2, 0.25) is 5.88 Å². The van der Waals surface area contributed by atoms with E-state index in [0.29, 0.717) is 23.3 Å². The van der Waals surface area contributed by atoms with Crippen LogP contribution in [0.15, 0.2) is 42.9 Å². The molecule has 152 valence electrons. The summed E-state index contributed by atoms with van der Waals surface area (Å²) in [7, 11) is 3.63. The lowest BCUT2D eigenvalue weighted by Crippen LogP contribution is -2.33. The Balaban J connectivity index is 1.44. The van der Waals surface area contributed by atoms with Gasteiger partial charge in [-0.25, -0.2) is 4.98 Å². The van der Waals surface area contributed by atoms with Crippen molar-refractivity contribution >= 4 is 0 Å². The molecule has 2 aromatic heterocycles. The zero-order chi connectivity index (χ0) is 20.2. The number of methoxy groups -OCH3 is 1. The predicted molar refractivity (Wildman–Crippen MR) is 110 cm³/mol. The fourth-order valence-electron chi connectivity index (χ4n) is 3.81. The molecule has 1 saturated heterocycles. The van der Waals surface area contributed by atoms with Crippen molar-refractivity contribution in [3.8, 4) is 17.4 Å². The first-order chi connectivity index (χ1) is 14.2. The Bertz CT molecular complexity index is 963. The van der Waals surface area contributed by atoms with E-state index in [4.69, 9.17) is 9.47 Å². The number of rotatable bonds is 6. The number of para-hydroxylation sites is 2. The van der Waals surface area contributed by atoms with Crippen LogP contribution in [-0.4, -0.2) is 44.8 Å². The maximum absolute atomic E-state index is 6.10. The van der Waals surface area contributed by atoms with E-state index < -0.39 is 0 Å². The van der Waals surface area contributed by atoms with Gasteiger partial charge in [-0.1, -0.05) is 12.1 Å². The number of piperidine rings is 1. The van der Waals surface area contributed by atoms with Crippen LogP contribution in [0.2, 0.25) is 0 Å². The number of aryl methyl sites for hydroxylation is 1. The van der Waals surface area contributed by atoms with E-state index >= 15 is 0 Å². The Morgan fingerprint density at radius 1 is 1.07 bits per heavy atom. The first-order valence-electron chi connectivity index (χ1n) is 9.97. The molecule has 0 saturated carbocycles. The summed E-state index contributed by atoms with van der Waals surface area (Å²) in [5.74, 6) is 2.24. The minimum absolute atomic E-state index is 0.333. The molecule has 4 rings (SSSR count). The third-order valence-electron chi connectivity index (χ3n) is 5.67. The minimum Gasteiger partial charge on any atom is -0.493 e. The summed E-state index contributed by atoms with van der Waals surface area (Å²) in [4.78, 5) is 11.6. The van der Waals surface area contributed by atoms with Crippen molar-refractivity contribution in [3.05, 3.63) is 59.8 Å². The molecule has 1 aromatic carbocycles. The molecule has 0 aliphatic carbocycles. The zero-order valence-electron chi connectivity index (χ0n) is 17.2. The summed E-state index contributed by atoms with van der Waals surface area (Å²) in [6.07, 6.45) is 7.45. The molecule has 0 amide bonds. The third kappa shape index (κ3) is 4.24. The first-order valence-corrected chi connectivity index (χ1v) is 9.97. The van der Waals surface area contributed by atoms with Crippen molar-refractivity contribution in [3.63, 3.8) is 0 Å². The van der Waals surface area contributed by atoms with Crippen molar-refractivity contribution in [1.82, 2.24) is 24.6 Å². The largest absolute Gasteiger partial charge is 0.493 e. The van der Waals surface area contributed by atoms with Crippen LogP contribution >= 0.6 is 0 Å². The average molecular weight is 393 g/mol. The first kappa shape index (κ1) is 19.4. The van der Waals surface area contributed by atoms with Gasteiger partial charge >= 0.3 is 0 Å². The van der Waals surface area contributed by atoms with Gasteiger partial charge in [0.1, 0.15) is 5.69 Å². The molecule has 7 nitrogen and oxygen atoms in total. The van der Waals surface area contributed by atoms with E-state index in [-0.39, 0.29) is 0 Å². The molecule has 0 unspecified atom stereocenters. The number of hydrogen-bond acceptors (Lipinski definition) is 6. The van der Waals surface area contributed by atoms with Crippen LogP contribution in [0.5, 0.6) is 17.4 Å². The highest BCUT2D eigenvalue weighted by atomic mass is 16.5. The summed E-state index contributed by atoms with van der Waals surface area (Å²) in [5.41, 5.74) is 3.45. The van der Waals surface area contributed by atoms with Crippen molar-refractivity contribution in [2.24, 2.45) is 7.05 Å². The summed E-state index contributed by atoms with van der Waals surface area (Å²) in [5, 5.41) is 4.35. The monoisotopic (exact) mass is 393 g/mol. The van der Waals surface area contributed by atoms with Crippen molar-refractivity contribution in [2.45, 2.75) is 32.2 Å². The molecule has 29 heavy (non-hydrogen) atoms. The fourth-order valence-corrected chi connectivity index (χ4v) is 3.81. The summed E-state index contributed by atoms with van der Waals surface area (Å²) >= 11 is 0. The molecule has 1 fully saturated rings. The molecule has 0 bridgehead atoms. The van der Waals surface area contributed by atoms with E-state index in [1.807, 2.05) is 42.2 Å². The molecule has 0 spiro atoms.